The van der Waals surface area contributed by atoms with E-state index in [1.165, 1.54) is 51.4 Å². The zero-order chi connectivity index (χ0) is 10.9. The van der Waals surface area contributed by atoms with Crippen LogP contribution in [0, 0.1) is 17.8 Å². The molecule has 0 aliphatic heterocycles. The van der Waals surface area contributed by atoms with E-state index in [4.69, 9.17) is 5.73 Å². The second-order valence-corrected chi connectivity index (χ2v) is 6.49. The van der Waals surface area contributed by atoms with Gasteiger partial charge in [-0.1, -0.05) is 26.7 Å². The highest BCUT2D eigenvalue weighted by Crippen LogP contribution is 2.47. The molecule has 2 atom stereocenters. The lowest BCUT2D eigenvalue weighted by Gasteiger charge is -2.39. The molecule has 2 aliphatic rings. The molecule has 2 fully saturated rings. The lowest BCUT2D eigenvalue weighted by Crippen LogP contribution is -2.44. The van der Waals surface area contributed by atoms with Gasteiger partial charge in [-0.3, -0.25) is 0 Å². The highest BCUT2D eigenvalue weighted by atomic mass is 14.7. The number of hydrogen-bond donors (Lipinski definition) is 1. The Hall–Kier alpha value is -0.0400. The number of nitrogens with two attached hydrogens (primary N) is 1. The van der Waals surface area contributed by atoms with Gasteiger partial charge in [0.1, 0.15) is 0 Å². The first kappa shape index (κ1) is 11.4. The first-order valence-corrected chi connectivity index (χ1v) is 6.88. The molecule has 0 aromatic carbocycles. The maximum atomic E-state index is 6.56. The summed E-state index contributed by atoms with van der Waals surface area (Å²) in [5, 5.41) is 0. The molecule has 2 aliphatic carbocycles. The van der Waals surface area contributed by atoms with Crippen molar-refractivity contribution in [3.8, 4) is 0 Å². The molecule has 0 saturated heterocycles. The van der Waals surface area contributed by atoms with Crippen molar-refractivity contribution < 1.29 is 0 Å². The average molecular weight is 209 g/mol. The first-order chi connectivity index (χ1) is 7.09. The molecule has 0 aromatic rings. The van der Waals surface area contributed by atoms with E-state index in [1.54, 1.807) is 0 Å². The molecular formula is C14H27N. The molecule has 0 amide bonds. The second-order valence-electron chi connectivity index (χ2n) is 6.49. The van der Waals surface area contributed by atoms with Gasteiger partial charge in [-0.2, -0.15) is 0 Å². The molecule has 88 valence electrons. The number of rotatable bonds is 4. The maximum Gasteiger partial charge on any atom is 0.0157 e. The van der Waals surface area contributed by atoms with Crippen molar-refractivity contribution in [3.63, 3.8) is 0 Å². The van der Waals surface area contributed by atoms with Gasteiger partial charge in [-0.15, -0.1) is 0 Å². The fraction of sp³-hybridized carbons (Fsp3) is 1.00. The van der Waals surface area contributed by atoms with Gasteiger partial charge in [0, 0.05) is 5.54 Å². The Morgan fingerprint density at radius 2 is 1.93 bits per heavy atom. The predicted molar refractivity (Wildman–Crippen MR) is 65.7 cm³/mol. The van der Waals surface area contributed by atoms with Crippen LogP contribution in [0.15, 0.2) is 0 Å². The van der Waals surface area contributed by atoms with Crippen LogP contribution in [0.3, 0.4) is 0 Å². The van der Waals surface area contributed by atoms with E-state index in [-0.39, 0.29) is 5.54 Å². The topological polar surface area (TPSA) is 26.0 Å². The van der Waals surface area contributed by atoms with E-state index in [2.05, 4.69) is 13.8 Å². The molecular weight excluding hydrogens is 182 g/mol. The fourth-order valence-electron chi connectivity index (χ4n) is 3.22. The van der Waals surface area contributed by atoms with Crippen molar-refractivity contribution in [2.45, 2.75) is 70.8 Å². The van der Waals surface area contributed by atoms with Crippen molar-refractivity contribution in [2.24, 2.45) is 23.5 Å². The smallest absolute Gasteiger partial charge is 0.0157 e. The Balaban J connectivity index is 1.83. The largest absolute Gasteiger partial charge is 0.325 e. The minimum absolute atomic E-state index is 0.204. The first-order valence-electron chi connectivity index (χ1n) is 6.88. The minimum atomic E-state index is 0.204. The van der Waals surface area contributed by atoms with Crippen LogP contribution in [0.5, 0.6) is 0 Å². The summed E-state index contributed by atoms with van der Waals surface area (Å²) in [5.74, 6) is 2.86. The van der Waals surface area contributed by atoms with Crippen LogP contribution in [-0.4, -0.2) is 5.54 Å². The van der Waals surface area contributed by atoms with Gasteiger partial charge in [-0.25, -0.2) is 0 Å². The van der Waals surface area contributed by atoms with E-state index in [0.29, 0.717) is 0 Å². The zero-order valence-corrected chi connectivity index (χ0v) is 10.5. The molecule has 2 rings (SSSR count). The minimum Gasteiger partial charge on any atom is -0.325 e. The highest BCUT2D eigenvalue weighted by molar-refractivity contribution is 4.95. The van der Waals surface area contributed by atoms with Gasteiger partial charge in [0.15, 0.2) is 0 Å². The van der Waals surface area contributed by atoms with Crippen LogP contribution in [0.4, 0.5) is 0 Å². The molecule has 15 heavy (non-hydrogen) atoms. The summed E-state index contributed by atoms with van der Waals surface area (Å²) in [6.07, 6.45) is 11.0. The second kappa shape index (κ2) is 4.45. The SMILES string of the molecule is CC(C)CCC1(N)CCCC(C2CC2)C1. The summed E-state index contributed by atoms with van der Waals surface area (Å²) in [5.41, 5.74) is 6.77. The van der Waals surface area contributed by atoms with E-state index in [0.717, 1.165) is 17.8 Å². The summed E-state index contributed by atoms with van der Waals surface area (Å²) in [6.45, 7) is 4.62. The normalized spacial score (nSPS) is 37.2. The van der Waals surface area contributed by atoms with Gasteiger partial charge >= 0.3 is 0 Å². The van der Waals surface area contributed by atoms with Gasteiger partial charge in [0.25, 0.3) is 0 Å². The Morgan fingerprint density at radius 1 is 1.20 bits per heavy atom. The molecule has 1 nitrogen and oxygen atoms in total. The monoisotopic (exact) mass is 209 g/mol. The molecule has 0 bridgehead atoms. The Morgan fingerprint density at radius 3 is 2.53 bits per heavy atom. The van der Waals surface area contributed by atoms with Crippen molar-refractivity contribution >= 4 is 0 Å². The van der Waals surface area contributed by atoms with Crippen LogP contribution in [0.2, 0.25) is 0 Å². The van der Waals surface area contributed by atoms with E-state index in [1.807, 2.05) is 0 Å². The molecule has 2 N–H and O–H groups in total. The van der Waals surface area contributed by atoms with Crippen molar-refractivity contribution in [2.75, 3.05) is 0 Å². The van der Waals surface area contributed by atoms with Crippen molar-refractivity contribution in [3.05, 3.63) is 0 Å². The Kier molecular flexibility index (Phi) is 3.39. The lowest BCUT2D eigenvalue weighted by atomic mass is 9.72. The number of hydrogen-bond acceptors (Lipinski definition) is 1. The quantitative estimate of drug-likeness (QED) is 0.750. The molecule has 0 heterocycles. The standard InChI is InChI=1S/C14H27N/c1-11(2)7-9-14(15)8-3-4-13(10-14)12-5-6-12/h11-13H,3-10,15H2,1-2H3. The lowest BCUT2D eigenvalue weighted by molar-refractivity contribution is 0.187. The summed E-state index contributed by atoms with van der Waals surface area (Å²) in [6, 6.07) is 0. The van der Waals surface area contributed by atoms with Gasteiger partial charge in [0.05, 0.1) is 0 Å². The summed E-state index contributed by atoms with van der Waals surface area (Å²) in [4.78, 5) is 0. The third-order valence-electron chi connectivity index (χ3n) is 4.43. The van der Waals surface area contributed by atoms with Crippen LogP contribution < -0.4 is 5.73 Å². The Bertz CT molecular complexity index is 207. The van der Waals surface area contributed by atoms with Crippen LogP contribution in [-0.2, 0) is 0 Å². The van der Waals surface area contributed by atoms with E-state index < -0.39 is 0 Å². The molecule has 0 aromatic heterocycles. The fourth-order valence-corrected chi connectivity index (χ4v) is 3.22. The van der Waals surface area contributed by atoms with Crippen molar-refractivity contribution in [1.82, 2.24) is 0 Å². The summed E-state index contributed by atoms with van der Waals surface area (Å²) >= 11 is 0. The molecule has 2 unspecified atom stereocenters. The molecule has 0 radical (unpaired) electrons. The molecule has 0 spiro atoms. The van der Waals surface area contributed by atoms with Crippen molar-refractivity contribution in [1.29, 1.82) is 0 Å². The zero-order valence-electron chi connectivity index (χ0n) is 10.5. The van der Waals surface area contributed by atoms with E-state index in [9.17, 15) is 0 Å². The summed E-state index contributed by atoms with van der Waals surface area (Å²) in [7, 11) is 0. The van der Waals surface area contributed by atoms with Crippen LogP contribution >= 0.6 is 0 Å². The van der Waals surface area contributed by atoms with Crippen LogP contribution in [0.1, 0.15) is 65.2 Å². The third kappa shape index (κ3) is 3.21. The predicted octanol–water partition coefficient (Wildman–Crippen LogP) is 3.72. The summed E-state index contributed by atoms with van der Waals surface area (Å²) < 4.78 is 0. The van der Waals surface area contributed by atoms with Gasteiger partial charge < -0.3 is 5.73 Å². The average Bonchev–Trinajstić information content (AvgIpc) is 2.98. The Labute approximate surface area is 94.8 Å². The van der Waals surface area contributed by atoms with E-state index >= 15 is 0 Å². The third-order valence-corrected chi connectivity index (χ3v) is 4.43. The maximum absolute atomic E-state index is 6.56. The molecule has 2 saturated carbocycles. The highest BCUT2D eigenvalue weighted by Gasteiger charge is 2.39. The molecule has 1 heteroatoms. The van der Waals surface area contributed by atoms with Crippen LogP contribution in [0.25, 0.3) is 0 Å². The van der Waals surface area contributed by atoms with Gasteiger partial charge in [0.2, 0.25) is 0 Å². The van der Waals surface area contributed by atoms with Gasteiger partial charge in [-0.05, 0) is 56.3 Å².